The second-order valence-corrected chi connectivity index (χ2v) is 4.78. The summed E-state index contributed by atoms with van der Waals surface area (Å²) in [4.78, 5) is 24.7. The molecule has 2 aromatic rings. The largest absolute Gasteiger partial charge is 0.497 e. The highest BCUT2D eigenvalue weighted by Crippen LogP contribution is 2.18. The van der Waals surface area contributed by atoms with E-state index in [2.05, 4.69) is 0 Å². The molecule has 0 radical (unpaired) electrons. The normalized spacial score (nSPS) is 11.2. The standard InChI is InChI=1S/C18H18O5/c1-4-22-18(20)16(11-15-8-5-12(2)23-15)17(19)13-6-9-14(21-3)10-7-13/h5-11H,4H2,1-3H3. The SMILES string of the molecule is CCOC(=O)C(=Cc1ccc(C)o1)C(=O)c1ccc(OC)cc1. The summed E-state index contributed by atoms with van der Waals surface area (Å²) in [5, 5.41) is 0. The summed E-state index contributed by atoms with van der Waals surface area (Å²) < 4.78 is 15.4. The summed E-state index contributed by atoms with van der Waals surface area (Å²) in [6, 6.07) is 9.96. The van der Waals surface area contributed by atoms with Gasteiger partial charge in [0, 0.05) is 5.56 Å². The van der Waals surface area contributed by atoms with E-state index in [1.54, 1.807) is 57.4 Å². The maximum atomic E-state index is 12.6. The molecule has 1 aromatic heterocycles. The molecule has 2 rings (SSSR count). The number of hydrogen-bond donors (Lipinski definition) is 0. The number of esters is 1. The first-order chi connectivity index (χ1) is 11.0. The number of ether oxygens (including phenoxy) is 2. The van der Waals surface area contributed by atoms with E-state index in [4.69, 9.17) is 13.9 Å². The number of furan rings is 1. The van der Waals surface area contributed by atoms with Crippen molar-refractivity contribution in [1.29, 1.82) is 0 Å². The monoisotopic (exact) mass is 314 g/mol. The number of benzene rings is 1. The quantitative estimate of drug-likeness (QED) is 0.269. The van der Waals surface area contributed by atoms with Crippen LogP contribution in [0.25, 0.3) is 6.08 Å². The third-order valence-electron chi connectivity index (χ3n) is 3.14. The minimum absolute atomic E-state index is 0.0774. The van der Waals surface area contributed by atoms with Crippen molar-refractivity contribution in [2.24, 2.45) is 0 Å². The average molecular weight is 314 g/mol. The van der Waals surface area contributed by atoms with Crippen molar-refractivity contribution >= 4 is 17.8 Å². The van der Waals surface area contributed by atoms with Crippen molar-refractivity contribution < 1.29 is 23.5 Å². The van der Waals surface area contributed by atoms with E-state index in [-0.39, 0.29) is 12.2 Å². The van der Waals surface area contributed by atoms with Crippen molar-refractivity contribution in [1.82, 2.24) is 0 Å². The molecule has 0 atom stereocenters. The van der Waals surface area contributed by atoms with Crippen LogP contribution < -0.4 is 4.74 Å². The maximum Gasteiger partial charge on any atom is 0.342 e. The van der Waals surface area contributed by atoms with Gasteiger partial charge in [-0.05, 0) is 56.3 Å². The van der Waals surface area contributed by atoms with E-state index < -0.39 is 11.8 Å². The van der Waals surface area contributed by atoms with Gasteiger partial charge < -0.3 is 13.9 Å². The molecule has 0 saturated heterocycles. The van der Waals surface area contributed by atoms with Gasteiger partial charge in [0.15, 0.2) is 5.78 Å². The number of rotatable bonds is 6. The lowest BCUT2D eigenvalue weighted by Crippen LogP contribution is -2.16. The Bertz CT molecular complexity index is 722. The fourth-order valence-corrected chi connectivity index (χ4v) is 2.00. The molecule has 1 aromatic carbocycles. The van der Waals surface area contributed by atoms with Gasteiger partial charge in [0.2, 0.25) is 0 Å². The van der Waals surface area contributed by atoms with Crippen molar-refractivity contribution in [3.8, 4) is 5.75 Å². The smallest absolute Gasteiger partial charge is 0.342 e. The highest BCUT2D eigenvalue weighted by molar-refractivity contribution is 6.26. The van der Waals surface area contributed by atoms with Gasteiger partial charge in [-0.25, -0.2) is 4.79 Å². The molecule has 0 amide bonds. The summed E-state index contributed by atoms with van der Waals surface area (Å²) in [5.41, 5.74) is 0.291. The Labute approximate surface area is 134 Å². The molecule has 0 saturated carbocycles. The van der Waals surface area contributed by atoms with Crippen LogP contribution in [0.15, 0.2) is 46.4 Å². The van der Waals surface area contributed by atoms with Crippen LogP contribution in [0.5, 0.6) is 5.75 Å². The molecule has 1 heterocycles. The lowest BCUT2D eigenvalue weighted by molar-refractivity contribution is -0.137. The molecular weight excluding hydrogens is 296 g/mol. The van der Waals surface area contributed by atoms with Gasteiger partial charge in [-0.3, -0.25) is 4.79 Å². The van der Waals surface area contributed by atoms with Crippen LogP contribution in [-0.4, -0.2) is 25.5 Å². The van der Waals surface area contributed by atoms with Crippen LogP contribution in [0.1, 0.15) is 28.8 Å². The van der Waals surface area contributed by atoms with Gasteiger partial charge in [0.25, 0.3) is 0 Å². The molecular formula is C18H18O5. The van der Waals surface area contributed by atoms with Crippen molar-refractivity contribution in [3.05, 3.63) is 59.1 Å². The third kappa shape index (κ3) is 4.10. The number of methoxy groups -OCH3 is 1. The Morgan fingerprint density at radius 2 is 1.83 bits per heavy atom. The molecule has 0 N–H and O–H groups in total. The molecule has 0 aliphatic heterocycles. The molecule has 0 aliphatic carbocycles. The Morgan fingerprint density at radius 3 is 2.35 bits per heavy atom. The molecule has 0 fully saturated rings. The first kappa shape index (κ1) is 16.5. The third-order valence-corrected chi connectivity index (χ3v) is 3.14. The molecule has 5 heteroatoms. The first-order valence-corrected chi connectivity index (χ1v) is 7.19. The zero-order valence-corrected chi connectivity index (χ0v) is 13.3. The van der Waals surface area contributed by atoms with E-state index in [0.717, 1.165) is 0 Å². The topological polar surface area (TPSA) is 65.7 Å². The zero-order chi connectivity index (χ0) is 16.8. The van der Waals surface area contributed by atoms with Gasteiger partial charge in [-0.2, -0.15) is 0 Å². The first-order valence-electron chi connectivity index (χ1n) is 7.19. The van der Waals surface area contributed by atoms with Crippen LogP contribution in [0, 0.1) is 6.92 Å². The van der Waals surface area contributed by atoms with E-state index in [1.165, 1.54) is 6.08 Å². The van der Waals surface area contributed by atoms with Crippen molar-refractivity contribution in [2.75, 3.05) is 13.7 Å². The predicted octanol–water partition coefficient (Wildman–Crippen LogP) is 3.43. The number of hydrogen-bond acceptors (Lipinski definition) is 5. The maximum absolute atomic E-state index is 12.6. The highest BCUT2D eigenvalue weighted by Gasteiger charge is 2.22. The molecule has 5 nitrogen and oxygen atoms in total. The summed E-state index contributed by atoms with van der Waals surface area (Å²) in [6.45, 7) is 3.65. The average Bonchev–Trinajstić information content (AvgIpc) is 2.97. The van der Waals surface area contributed by atoms with Crippen LogP contribution in [-0.2, 0) is 9.53 Å². The summed E-state index contributed by atoms with van der Waals surface area (Å²) >= 11 is 0. The summed E-state index contributed by atoms with van der Waals surface area (Å²) in [6.07, 6.45) is 1.40. The summed E-state index contributed by atoms with van der Waals surface area (Å²) in [7, 11) is 1.54. The van der Waals surface area contributed by atoms with Crippen LogP contribution >= 0.6 is 0 Å². The number of carbonyl (C=O) groups excluding carboxylic acids is 2. The fourth-order valence-electron chi connectivity index (χ4n) is 2.00. The Hall–Kier alpha value is -2.82. The van der Waals surface area contributed by atoms with Gasteiger partial charge >= 0.3 is 5.97 Å². The molecule has 0 bridgehead atoms. The minimum atomic E-state index is -0.678. The van der Waals surface area contributed by atoms with Crippen molar-refractivity contribution in [3.63, 3.8) is 0 Å². The minimum Gasteiger partial charge on any atom is -0.497 e. The zero-order valence-electron chi connectivity index (χ0n) is 13.3. The lowest BCUT2D eigenvalue weighted by atomic mass is 10.0. The molecule has 0 spiro atoms. The molecule has 23 heavy (non-hydrogen) atoms. The van der Waals surface area contributed by atoms with Crippen LogP contribution in [0.3, 0.4) is 0 Å². The second-order valence-electron chi connectivity index (χ2n) is 4.78. The molecule has 0 unspecified atom stereocenters. The van der Waals surface area contributed by atoms with Gasteiger partial charge in [-0.1, -0.05) is 0 Å². The molecule has 120 valence electrons. The van der Waals surface area contributed by atoms with E-state index in [1.807, 2.05) is 0 Å². The highest BCUT2D eigenvalue weighted by atomic mass is 16.5. The Balaban J connectivity index is 2.37. The number of aryl methyl sites for hydroxylation is 1. The Morgan fingerprint density at radius 1 is 1.13 bits per heavy atom. The lowest BCUT2D eigenvalue weighted by Gasteiger charge is -2.07. The van der Waals surface area contributed by atoms with Crippen molar-refractivity contribution in [2.45, 2.75) is 13.8 Å². The Kier molecular flexibility index (Phi) is 5.36. The van der Waals surface area contributed by atoms with E-state index in [9.17, 15) is 9.59 Å². The second kappa shape index (κ2) is 7.45. The van der Waals surface area contributed by atoms with E-state index in [0.29, 0.717) is 22.8 Å². The van der Waals surface area contributed by atoms with Crippen LogP contribution in [0.4, 0.5) is 0 Å². The fraction of sp³-hybridized carbons (Fsp3) is 0.222. The van der Waals surface area contributed by atoms with Gasteiger partial charge in [0.05, 0.1) is 13.7 Å². The van der Waals surface area contributed by atoms with Crippen LogP contribution in [0.2, 0.25) is 0 Å². The number of ketones is 1. The summed E-state index contributed by atoms with van der Waals surface area (Å²) in [5.74, 6) is 0.635. The van der Waals surface area contributed by atoms with E-state index >= 15 is 0 Å². The predicted molar refractivity (Wildman–Crippen MR) is 85.4 cm³/mol. The van der Waals surface area contributed by atoms with Gasteiger partial charge in [-0.15, -0.1) is 0 Å². The number of Topliss-reactive ketones (excluding diaryl/α,β-unsaturated/α-hetero) is 1. The molecule has 0 aliphatic rings. The number of carbonyl (C=O) groups is 2. The van der Waals surface area contributed by atoms with Gasteiger partial charge in [0.1, 0.15) is 22.8 Å².